The monoisotopic (exact) mass is 368 g/mol. The van der Waals surface area contributed by atoms with Crippen LogP contribution in [0.3, 0.4) is 0 Å². The van der Waals surface area contributed by atoms with E-state index < -0.39 is 0 Å². The van der Waals surface area contributed by atoms with Crippen molar-refractivity contribution >= 4 is 46.2 Å². The van der Waals surface area contributed by atoms with Crippen LogP contribution in [0.1, 0.15) is 5.56 Å². The fourth-order valence-electron chi connectivity index (χ4n) is 2.17. The van der Waals surface area contributed by atoms with E-state index in [1.807, 2.05) is 30.3 Å². The molecule has 120 valence electrons. The van der Waals surface area contributed by atoms with Crippen LogP contribution < -0.4 is 20.1 Å². The first kappa shape index (κ1) is 16.2. The number of hydrogen-bond acceptors (Lipinski definition) is 3. The summed E-state index contributed by atoms with van der Waals surface area (Å²) in [7, 11) is 0. The lowest BCUT2D eigenvalue weighted by atomic mass is 10.1. The van der Waals surface area contributed by atoms with Gasteiger partial charge in [0.25, 0.3) is 0 Å². The van der Waals surface area contributed by atoms with Gasteiger partial charge in [0.15, 0.2) is 16.6 Å². The maximum Gasteiger partial charge on any atom is 0.231 e. The molecule has 1 heterocycles. The second-order valence-electron chi connectivity index (χ2n) is 4.95. The van der Waals surface area contributed by atoms with E-state index in [1.165, 1.54) is 0 Å². The molecule has 0 amide bonds. The van der Waals surface area contributed by atoms with Crippen molar-refractivity contribution in [1.82, 2.24) is 5.32 Å². The average Bonchev–Trinajstić information content (AvgIpc) is 2.98. The Balaban J connectivity index is 1.49. The molecule has 0 saturated heterocycles. The summed E-state index contributed by atoms with van der Waals surface area (Å²) < 4.78 is 10.6. The van der Waals surface area contributed by atoms with Gasteiger partial charge >= 0.3 is 0 Å². The molecule has 7 heteroatoms. The minimum atomic E-state index is 0.255. The molecule has 1 aliphatic heterocycles. The molecule has 23 heavy (non-hydrogen) atoms. The highest BCUT2D eigenvalue weighted by atomic mass is 35.5. The zero-order valence-electron chi connectivity index (χ0n) is 12.1. The number of hydrogen-bond donors (Lipinski definition) is 2. The minimum absolute atomic E-state index is 0.255. The maximum absolute atomic E-state index is 6.00. The van der Waals surface area contributed by atoms with E-state index >= 15 is 0 Å². The predicted octanol–water partition coefficient (Wildman–Crippen LogP) is 4.25. The third-order valence-corrected chi connectivity index (χ3v) is 4.30. The van der Waals surface area contributed by atoms with E-state index in [1.54, 1.807) is 6.07 Å². The third-order valence-electron chi connectivity index (χ3n) is 3.31. The van der Waals surface area contributed by atoms with Crippen LogP contribution in [0.2, 0.25) is 10.0 Å². The quantitative estimate of drug-likeness (QED) is 0.789. The summed E-state index contributed by atoms with van der Waals surface area (Å²) in [6.07, 6.45) is 0.792. The van der Waals surface area contributed by atoms with Gasteiger partial charge in [-0.15, -0.1) is 0 Å². The molecule has 0 bridgehead atoms. The molecule has 0 fully saturated rings. The molecule has 2 aromatic rings. The Hall–Kier alpha value is -1.69. The first-order valence-electron chi connectivity index (χ1n) is 7.00. The Morgan fingerprint density at radius 3 is 2.70 bits per heavy atom. The van der Waals surface area contributed by atoms with E-state index in [-0.39, 0.29) is 6.79 Å². The summed E-state index contributed by atoms with van der Waals surface area (Å²) in [5.74, 6) is 1.46. The Bertz CT molecular complexity index is 740. The molecular formula is C16H14Cl2N2O2S. The zero-order chi connectivity index (χ0) is 16.2. The summed E-state index contributed by atoms with van der Waals surface area (Å²) in [6.45, 7) is 0.944. The van der Waals surface area contributed by atoms with Crippen LogP contribution in [0.15, 0.2) is 36.4 Å². The molecule has 0 unspecified atom stereocenters. The summed E-state index contributed by atoms with van der Waals surface area (Å²) in [6, 6.07) is 11.2. The molecule has 3 rings (SSSR count). The van der Waals surface area contributed by atoms with Crippen molar-refractivity contribution in [3.05, 3.63) is 52.0 Å². The fourth-order valence-corrected chi connectivity index (χ4v) is 2.71. The van der Waals surface area contributed by atoms with Gasteiger partial charge in [-0.1, -0.05) is 29.3 Å². The van der Waals surface area contributed by atoms with Gasteiger partial charge in [0.05, 0.1) is 10.0 Å². The predicted molar refractivity (Wildman–Crippen MR) is 97.0 cm³/mol. The van der Waals surface area contributed by atoms with Crippen LogP contribution in [-0.4, -0.2) is 18.5 Å². The molecular weight excluding hydrogens is 355 g/mol. The topological polar surface area (TPSA) is 42.5 Å². The molecule has 2 aromatic carbocycles. The van der Waals surface area contributed by atoms with Gasteiger partial charge < -0.3 is 20.1 Å². The first-order chi connectivity index (χ1) is 11.1. The number of benzene rings is 2. The minimum Gasteiger partial charge on any atom is -0.454 e. The number of halogens is 2. The van der Waals surface area contributed by atoms with Crippen molar-refractivity contribution in [2.45, 2.75) is 6.42 Å². The van der Waals surface area contributed by atoms with Gasteiger partial charge in [-0.2, -0.15) is 0 Å². The van der Waals surface area contributed by atoms with E-state index in [0.717, 1.165) is 23.4 Å². The van der Waals surface area contributed by atoms with Crippen molar-refractivity contribution in [2.75, 3.05) is 18.7 Å². The van der Waals surface area contributed by atoms with E-state index in [2.05, 4.69) is 10.6 Å². The molecule has 0 atom stereocenters. The lowest BCUT2D eigenvalue weighted by Crippen LogP contribution is -2.30. The standard InChI is InChI=1S/C16H14Cl2N2O2S/c17-12-3-1-10(7-13(12)18)5-6-19-16(23)20-11-2-4-14-15(8-11)22-9-21-14/h1-4,7-8H,5-6,9H2,(H2,19,20,23). The fraction of sp³-hybridized carbons (Fsp3) is 0.188. The molecule has 1 aliphatic rings. The normalized spacial score (nSPS) is 12.1. The van der Waals surface area contributed by atoms with Gasteiger partial charge in [-0.25, -0.2) is 0 Å². The second-order valence-corrected chi connectivity index (χ2v) is 6.17. The smallest absolute Gasteiger partial charge is 0.231 e. The summed E-state index contributed by atoms with van der Waals surface area (Å²) in [5, 5.41) is 7.93. The van der Waals surface area contributed by atoms with Crippen LogP contribution in [0, 0.1) is 0 Å². The molecule has 2 N–H and O–H groups in total. The number of ether oxygens (including phenoxy) is 2. The Labute approximate surface area is 149 Å². The lowest BCUT2D eigenvalue weighted by molar-refractivity contribution is 0.174. The van der Waals surface area contributed by atoms with Gasteiger partial charge in [0.2, 0.25) is 6.79 Å². The van der Waals surface area contributed by atoms with Crippen molar-refractivity contribution < 1.29 is 9.47 Å². The van der Waals surface area contributed by atoms with Crippen molar-refractivity contribution in [2.24, 2.45) is 0 Å². The number of fused-ring (bicyclic) bond motifs is 1. The number of thiocarbonyl (C=S) groups is 1. The van der Waals surface area contributed by atoms with E-state index in [0.29, 0.717) is 27.5 Å². The molecule has 4 nitrogen and oxygen atoms in total. The SMILES string of the molecule is S=C(NCCc1ccc(Cl)c(Cl)c1)Nc1ccc2c(c1)OCO2. The highest BCUT2D eigenvalue weighted by molar-refractivity contribution is 7.80. The summed E-state index contributed by atoms with van der Waals surface area (Å²) >= 11 is 17.2. The van der Waals surface area contributed by atoms with Crippen molar-refractivity contribution in [3.63, 3.8) is 0 Å². The van der Waals surface area contributed by atoms with Crippen molar-refractivity contribution in [3.8, 4) is 11.5 Å². The molecule has 0 aliphatic carbocycles. The van der Waals surface area contributed by atoms with E-state index in [4.69, 9.17) is 44.9 Å². The number of nitrogens with one attached hydrogen (secondary N) is 2. The number of anilines is 1. The summed E-state index contributed by atoms with van der Waals surface area (Å²) in [5.41, 5.74) is 1.94. The summed E-state index contributed by atoms with van der Waals surface area (Å²) in [4.78, 5) is 0. The first-order valence-corrected chi connectivity index (χ1v) is 8.17. The highest BCUT2D eigenvalue weighted by Crippen LogP contribution is 2.34. The Kier molecular flexibility index (Phi) is 5.10. The second kappa shape index (κ2) is 7.25. The third kappa shape index (κ3) is 4.19. The molecule has 0 saturated carbocycles. The zero-order valence-corrected chi connectivity index (χ0v) is 14.4. The molecule has 0 spiro atoms. The van der Waals surface area contributed by atoms with Crippen molar-refractivity contribution in [1.29, 1.82) is 0 Å². The van der Waals surface area contributed by atoms with Crippen LogP contribution in [0.25, 0.3) is 0 Å². The largest absolute Gasteiger partial charge is 0.454 e. The Morgan fingerprint density at radius 1 is 1.04 bits per heavy atom. The van der Waals surface area contributed by atoms with Gasteiger partial charge in [-0.05, 0) is 48.5 Å². The maximum atomic E-state index is 6.00. The number of rotatable bonds is 4. The van der Waals surface area contributed by atoms with Crippen LogP contribution in [-0.2, 0) is 6.42 Å². The highest BCUT2D eigenvalue weighted by Gasteiger charge is 2.13. The average molecular weight is 369 g/mol. The molecule has 0 radical (unpaired) electrons. The van der Waals surface area contributed by atoms with Crippen LogP contribution >= 0.6 is 35.4 Å². The van der Waals surface area contributed by atoms with Crippen LogP contribution in [0.4, 0.5) is 5.69 Å². The van der Waals surface area contributed by atoms with Gasteiger partial charge in [0, 0.05) is 18.3 Å². The van der Waals surface area contributed by atoms with Gasteiger partial charge in [0.1, 0.15) is 0 Å². The van der Waals surface area contributed by atoms with Gasteiger partial charge in [-0.3, -0.25) is 0 Å². The van der Waals surface area contributed by atoms with Crippen LogP contribution in [0.5, 0.6) is 11.5 Å². The molecule has 0 aromatic heterocycles. The Morgan fingerprint density at radius 2 is 1.87 bits per heavy atom. The lowest BCUT2D eigenvalue weighted by Gasteiger charge is -2.11. The van der Waals surface area contributed by atoms with E-state index in [9.17, 15) is 0 Å².